The molecule has 2 N–H and O–H groups in total. The van der Waals surface area contributed by atoms with E-state index in [1.54, 1.807) is 24.3 Å². The molecular weight excluding hydrogens is 208 g/mol. The summed E-state index contributed by atoms with van der Waals surface area (Å²) in [6.45, 7) is 2.73. The number of hydrogen-bond acceptors (Lipinski definition) is 3. The normalized spacial score (nSPS) is 9.62. The van der Waals surface area contributed by atoms with Crippen molar-refractivity contribution >= 4 is 11.7 Å². The van der Waals surface area contributed by atoms with Crippen LogP contribution in [0.3, 0.4) is 0 Å². The number of nitrogens with one attached hydrogen (secondary N) is 2. The molecule has 0 saturated carbocycles. The molecule has 0 unspecified atom stereocenters. The minimum Gasteiger partial charge on any atom is -0.494 e. The van der Waals surface area contributed by atoms with Crippen molar-refractivity contribution in [3.05, 3.63) is 24.3 Å². The number of urea groups is 1. The summed E-state index contributed by atoms with van der Waals surface area (Å²) in [7, 11) is 1.51. The first-order chi connectivity index (χ1) is 7.76. The van der Waals surface area contributed by atoms with Gasteiger partial charge in [0.1, 0.15) is 12.5 Å². The van der Waals surface area contributed by atoms with Gasteiger partial charge in [-0.25, -0.2) is 4.79 Å². The fourth-order valence-corrected chi connectivity index (χ4v) is 1.11. The van der Waals surface area contributed by atoms with E-state index in [1.165, 1.54) is 7.11 Å². The Balaban J connectivity index is 2.45. The van der Waals surface area contributed by atoms with Gasteiger partial charge in [0.25, 0.3) is 0 Å². The standard InChI is InChI=1S/C11H16N2O3/c1-3-16-10-6-4-9(5-7-10)13-11(14)12-8-15-2/h4-7H,3,8H2,1-2H3,(H2,12,13,14). The predicted octanol–water partition coefficient (Wildman–Crippen LogP) is 1.81. The lowest BCUT2D eigenvalue weighted by Gasteiger charge is -2.07. The number of methoxy groups -OCH3 is 1. The average Bonchev–Trinajstić information content (AvgIpc) is 2.29. The van der Waals surface area contributed by atoms with Crippen molar-refractivity contribution in [2.24, 2.45) is 0 Å². The van der Waals surface area contributed by atoms with Gasteiger partial charge in [-0.3, -0.25) is 0 Å². The molecule has 1 aromatic rings. The molecule has 0 radical (unpaired) electrons. The van der Waals surface area contributed by atoms with Crippen molar-refractivity contribution in [2.75, 3.05) is 25.8 Å². The Bertz CT molecular complexity index is 325. The molecule has 0 heterocycles. The first-order valence-electron chi connectivity index (χ1n) is 5.03. The molecule has 0 aliphatic carbocycles. The predicted molar refractivity (Wildman–Crippen MR) is 61.6 cm³/mol. The Morgan fingerprint density at radius 2 is 2.00 bits per heavy atom. The molecule has 2 amide bonds. The third-order valence-corrected chi connectivity index (χ3v) is 1.80. The van der Waals surface area contributed by atoms with Gasteiger partial charge in [0.2, 0.25) is 0 Å². The van der Waals surface area contributed by atoms with Gasteiger partial charge in [0.05, 0.1) is 6.61 Å². The Morgan fingerprint density at radius 3 is 2.56 bits per heavy atom. The fraction of sp³-hybridized carbons (Fsp3) is 0.364. The smallest absolute Gasteiger partial charge is 0.321 e. The summed E-state index contributed by atoms with van der Waals surface area (Å²) in [5.74, 6) is 0.783. The van der Waals surface area contributed by atoms with E-state index in [-0.39, 0.29) is 12.8 Å². The van der Waals surface area contributed by atoms with Gasteiger partial charge in [-0.2, -0.15) is 0 Å². The number of hydrogen-bond donors (Lipinski definition) is 2. The van der Waals surface area contributed by atoms with Gasteiger partial charge in [-0.1, -0.05) is 0 Å². The largest absolute Gasteiger partial charge is 0.494 e. The van der Waals surface area contributed by atoms with E-state index in [1.807, 2.05) is 6.92 Å². The number of amides is 2. The van der Waals surface area contributed by atoms with Crippen molar-refractivity contribution in [1.82, 2.24) is 5.32 Å². The monoisotopic (exact) mass is 224 g/mol. The lowest BCUT2D eigenvalue weighted by molar-refractivity contribution is 0.177. The summed E-state index contributed by atoms with van der Waals surface area (Å²) in [4.78, 5) is 11.2. The highest BCUT2D eigenvalue weighted by atomic mass is 16.5. The maximum Gasteiger partial charge on any atom is 0.321 e. The minimum absolute atomic E-state index is 0.183. The molecular formula is C11H16N2O3. The number of anilines is 1. The first-order valence-corrected chi connectivity index (χ1v) is 5.03. The molecule has 0 aromatic heterocycles. The lowest BCUT2D eigenvalue weighted by atomic mass is 10.3. The third kappa shape index (κ3) is 4.18. The molecule has 0 fully saturated rings. The Morgan fingerprint density at radius 1 is 1.31 bits per heavy atom. The van der Waals surface area contributed by atoms with Gasteiger partial charge in [0.15, 0.2) is 0 Å². The van der Waals surface area contributed by atoms with Gasteiger partial charge in [-0.05, 0) is 31.2 Å². The van der Waals surface area contributed by atoms with E-state index in [9.17, 15) is 4.79 Å². The number of ether oxygens (including phenoxy) is 2. The minimum atomic E-state index is -0.300. The van der Waals surface area contributed by atoms with Gasteiger partial charge >= 0.3 is 6.03 Å². The van der Waals surface area contributed by atoms with Crippen LogP contribution in [0.15, 0.2) is 24.3 Å². The Labute approximate surface area is 94.7 Å². The molecule has 0 aliphatic heterocycles. The van der Waals surface area contributed by atoms with Crippen LogP contribution in [0.25, 0.3) is 0 Å². The van der Waals surface area contributed by atoms with Crippen LogP contribution in [-0.2, 0) is 4.74 Å². The van der Waals surface area contributed by atoms with Crippen LogP contribution in [0.1, 0.15) is 6.92 Å². The topological polar surface area (TPSA) is 59.6 Å². The van der Waals surface area contributed by atoms with Crippen LogP contribution in [0.5, 0.6) is 5.75 Å². The zero-order chi connectivity index (χ0) is 11.8. The van der Waals surface area contributed by atoms with Crippen molar-refractivity contribution in [3.63, 3.8) is 0 Å². The SMILES string of the molecule is CCOc1ccc(NC(=O)NCOC)cc1. The second kappa shape index (κ2) is 6.68. The van der Waals surface area contributed by atoms with Crippen LogP contribution in [0, 0.1) is 0 Å². The fourth-order valence-electron chi connectivity index (χ4n) is 1.11. The van der Waals surface area contributed by atoms with Crippen molar-refractivity contribution in [2.45, 2.75) is 6.92 Å². The molecule has 0 saturated heterocycles. The van der Waals surface area contributed by atoms with E-state index >= 15 is 0 Å². The first kappa shape index (κ1) is 12.3. The number of rotatable bonds is 5. The molecule has 0 bridgehead atoms. The molecule has 5 heteroatoms. The van der Waals surface area contributed by atoms with Crippen LogP contribution in [0.2, 0.25) is 0 Å². The summed E-state index contributed by atoms with van der Waals surface area (Å²) in [5.41, 5.74) is 0.706. The maximum absolute atomic E-state index is 11.2. The summed E-state index contributed by atoms with van der Waals surface area (Å²) in [6, 6.07) is 6.85. The summed E-state index contributed by atoms with van der Waals surface area (Å²) in [5, 5.41) is 5.18. The molecule has 16 heavy (non-hydrogen) atoms. The number of carbonyl (C=O) groups excluding carboxylic acids is 1. The highest BCUT2D eigenvalue weighted by Crippen LogP contribution is 2.15. The van der Waals surface area contributed by atoms with E-state index < -0.39 is 0 Å². The molecule has 1 rings (SSSR count). The lowest BCUT2D eigenvalue weighted by Crippen LogP contribution is -2.30. The third-order valence-electron chi connectivity index (χ3n) is 1.80. The van der Waals surface area contributed by atoms with Gasteiger partial charge < -0.3 is 20.1 Å². The van der Waals surface area contributed by atoms with Gasteiger partial charge in [-0.15, -0.1) is 0 Å². The summed E-state index contributed by atoms with van der Waals surface area (Å²) in [6.07, 6.45) is 0. The second-order valence-electron chi connectivity index (χ2n) is 3.02. The molecule has 0 aliphatic rings. The summed E-state index contributed by atoms with van der Waals surface area (Å²) >= 11 is 0. The van der Waals surface area contributed by atoms with Crippen LogP contribution >= 0.6 is 0 Å². The van der Waals surface area contributed by atoms with E-state index in [0.717, 1.165) is 5.75 Å². The average molecular weight is 224 g/mol. The van der Waals surface area contributed by atoms with Crippen molar-refractivity contribution in [3.8, 4) is 5.75 Å². The molecule has 0 spiro atoms. The zero-order valence-electron chi connectivity index (χ0n) is 9.45. The number of carbonyl (C=O) groups is 1. The second-order valence-corrected chi connectivity index (χ2v) is 3.02. The maximum atomic E-state index is 11.2. The highest BCUT2D eigenvalue weighted by molar-refractivity contribution is 5.89. The van der Waals surface area contributed by atoms with E-state index in [0.29, 0.717) is 12.3 Å². The van der Waals surface area contributed by atoms with Crippen molar-refractivity contribution in [1.29, 1.82) is 0 Å². The van der Waals surface area contributed by atoms with Crippen LogP contribution < -0.4 is 15.4 Å². The molecule has 0 atom stereocenters. The van der Waals surface area contributed by atoms with Gasteiger partial charge in [0, 0.05) is 12.8 Å². The van der Waals surface area contributed by atoms with E-state index in [2.05, 4.69) is 10.6 Å². The quantitative estimate of drug-likeness (QED) is 0.750. The summed E-state index contributed by atoms with van der Waals surface area (Å²) < 4.78 is 9.99. The molecule has 1 aromatic carbocycles. The Kier molecular flexibility index (Phi) is 5.15. The molecule has 88 valence electrons. The number of benzene rings is 1. The Hall–Kier alpha value is -1.75. The molecule has 5 nitrogen and oxygen atoms in total. The van der Waals surface area contributed by atoms with E-state index in [4.69, 9.17) is 9.47 Å². The zero-order valence-corrected chi connectivity index (χ0v) is 9.45. The van der Waals surface area contributed by atoms with Crippen LogP contribution in [0.4, 0.5) is 10.5 Å². The van der Waals surface area contributed by atoms with Crippen LogP contribution in [-0.4, -0.2) is 26.5 Å². The highest BCUT2D eigenvalue weighted by Gasteiger charge is 2.00. The van der Waals surface area contributed by atoms with Crippen molar-refractivity contribution < 1.29 is 14.3 Å².